The van der Waals surface area contributed by atoms with E-state index in [-0.39, 0.29) is 24.7 Å². The van der Waals surface area contributed by atoms with Gasteiger partial charge in [0.2, 0.25) is 6.54 Å². The van der Waals surface area contributed by atoms with Crippen molar-refractivity contribution in [1.29, 1.82) is 0 Å². The van der Waals surface area contributed by atoms with Gasteiger partial charge in [0, 0.05) is 4.92 Å². The van der Waals surface area contributed by atoms with E-state index < -0.39 is 49.4 Å². The Balaban J connectivity index is 5.59. The lowest BCUT2D eigenvalue weighted by Crippen LogP contribution is -2.51. The first-order valence-electron chi connectivity index (χ1n) is 9.89. The van der Waals surface area contributed by atoms with E-state index in [4.69, 9.17) is 13.9 Å². The summed E-state index contributed by atoms with van der Waals surface area (Å²) in [5.41, 5.74) is -0.728. The van der Waals surface area contributed by atoms with Gasteiger partial charge in [-0.1, -0.05) is 20.8 Å². The van der Waals surface area contributed by atoms with Crippen molar-refractivity contribution in [3.05, 3.63) is 10.1 Å². The Morgan fingerprint density at radius 2 is 1.69 bits per heavy atom. The van der Waals surface area contributed by atoms with Crippen LogP contribution >= 0.6 is 0 Å². The van der Waals surface area contributed by atoms with Crippen LogP contribution in [0.4, 0.5) is 4.79 Å². The van der Waals surface area contributed by atoms with E-state index in [1.807, 2.05) is 13.1 Å². The van der Waals surface area contributed by atoms with Crippen LogP contribution < -0.4 is 5.32 Å². The Morgan fingerprint density at radius 1 is 1.14 bits per heavy atom. The molecule has 0 aromatic rings. The molecule has 0 radical (unpaired) electrons. The molecule has 0 aliphatic carbocycles. The SMILES string of the molecule is CCOC(=O)CC(C[N+](=O)[O-])[C@@H](CO[Si](C)(C)C(C)(C)C)NC(=O)OC(C)(C)C. The minimum atomic E-state index is -2.18. The molecule has 0 rings (SSSR count). The van der Waals surface area contributed by atoms with Gasteiger partial charge < -0.3 is 19.2 Å². The number of nitrogens with one attached hydrogen (secondary N) is 1. The Bertz CT molecular complexity index is 568. The molecular weight excluding hydrogens is 396 g/mol. The minimum Gasteiger partial charge on any atom is -0.466 e. The van der Waals surface area contributed by atoms with Gasteiger partial charge in [-0.3, -0.25) is 14.9 Å². The third-order valence-electron chi connectivity index (χ3n) is 4.82. The number of hydrogen-bond acceptors (Lipinski definition) is 7. The monoisotopic (exact) mass is 434 g/mol. The zero-order chi connectivity index (χ0) is 23.0. The molecule has 0 heterocycles. The number of alkyl carbamates (subject to hydrolysis) is 1. The molecule has 0 aromatic heterocycles. The lowest BCUT2D eigenvalue weighted by Gasteiger charge is -2.38. The predicted octanol–water partition coefficient (Wildman–Crippen LogP) is 3.75. The van der Waals surface area contributed by atoms with Gasteiger partial charge in [0.1, 0.15) is 5.60 Å². The molecule has 1 unspecified atom stereocenters. The van der Waals surface area contributed by atoms with E-state index >= 15 is 0 Å². The van der Waals surface area contributed by atoms with Crippen molar-refractivity contribution in [2.45, 2.75) is 84.7 Å². The molecule has 0 spiro atoms. The van der Waals surface area contributed by atoms with Crippen LogP contribution in [0.15, 0.2) is 0 Å². The van der Waals surface area contributed by atoms with Crippen LogP contribution in [0.3, 0.4) is 0 Å². The summed E-state index contributed by atoms with van der Waals surface area (Å²) in [5.74, 6) is -1.34. The highest BCUT2D eigenvalue weighted by Crippen LogP contribution is 2.36. The Kier molecular flexibility index (Phi) is 10.3. The number of hydrogen-bond donors (Lipinski definition) is 1. The summed E-state index contributed by atoms with van der Waals surface area (Å²) in [6.07, 6.45) is -0.908. The van der Waals surface area contributed by atoms with Gasteiger partial charge in [0.25, 0.3) is 0 Å². The summed E-state index contributed by atoms with van der Waals surface area (Å²) in [6, 6.07) is -0.770. The molecule has 9 nitrogen and oxygen atoms in total. The second kappa shape index (κ2) is 10.9. The topological polar surface area (TPSA) is 117 Å². The van der Waals surface area contributed by atoms with Crippen LogP contribution in [0.1, 0.15) is 54.9 Å². The maximum Gasteiger partial charge on any atom is 0.407 e. The molecule has 29 heavy (non-hydrogen) atoms. The standard InChI is InChI=1S/C19H38N2O7Si/c1-10-26-16(22)11-14(12-21(24)25)15(20-17(23)28-18(2,3)4)13-27-29(8,9)19(5,6)7/h14-15H,10-13H2,1-9H3,(H,20,23)/t14?,15-/m1/s1. The van der Waals surface area contributed by atoms with E-state index in [1.165, 1.54) is 0 Å². The molecule has 0 fully saturated rings. The molecule has 0 saturated heterocycles. The first-order valence-corrected chi connectivity index (χ1v) is 12.8. The molecule has 170 valence electrons. The maximum atomic E-state index is 12.3. The van der Waals surface area contributed by atoms with Crippen LogP contribution in [0.25, 0.3) is 0 Å². The predicted molar refractivity (Wildman–Crippen MR) is 113 cm³/mol. The lowest BCUT2D eigenvalue weighted by atomic mass is 9.96. The number of nitro groups is 1. The van der Waals surface area contributed by atoms with Crippen molar-refractivity contribution < 1.29 is 28.4 Å². The summed E-state index contributed by atoms with van der Waals surface area (Å²) in [4.78, 5) is 35.0. The molecular formula is C19H38N2O7Si. The van der Waals surface area contributed by atoms with Crippen LogP contribution in [0, 0.1) is 16.0 Å². The Morgan fingerprint density at radius 3 is 2.10 bits per heavy atom. The third-order valence-corrected chi connectivity index (χ3v) is 9.32. The molecule has 0 aliphatic rings. The van der Waals surface area contributed by atoms with Crippen molar-refractivity contribution in [3.63, 3.8) is 0 Å². The van der Waals surface area contributed by atoms with Crippen molar-refractivity contribution >= 4 is 20.4 Å². The summed E-state index contributed by atoms with van der Waals surface area (Å²) < 4.78 is 16.4. The van der Waals surface area contributed by atoms with E-state index in [9.17, 15) is 19.7 Å². The highest BCUT2D eigenvalue weighted by atomic mass is 28.4. The first kappa shape index (κ1) is 27.3. The van der Waals surface area contributed by atoms with E-state index in [0.29, 0.717) is 0 Å². The summed E-state index contributed by atoms with van der Waals surface area (Å²) in [5, 5.41) is 13.8. The van der Waals surface area contributed by atoms with Gasteiger partial charge in [-0.25, -0.2) is 4.79 Å². The van der Waals surface area contributed by atoms with Crippen LogP contribution in [0.5, 0.6) is 0 Å². The van der Waals surface area contributed by atoms with E-state index in [1.54, 1.807) is 27.7 Å². The normalized spacial score (nSPS) is 14.7. The number of nitrogens with zero attached hydrogens (tertiary/aromatic N) is 1. The van der Waals surface area contributed by atoms with Crippen LogP contribution in [0.2, 0.25) is 18.1 Å². The number of amides is 1. The second-order valence-corrected chi connectivity index (χ2v) is 14.4. The van der Waals surface area contributed by atoms with Gasteiger partial charge in [-0.2, -0.15) is 0 Å². The molecule has 0 saturated carbocycles. The number of carbonyl (C=O) groups excluding carboxylic acids is 2. The highest BCUT2D eigenvalue weighted by Gasteiger charge is 2.39. The Labute approximate surface area is 175 Å². The molecule has 2 atom stereocenters. The molecule has 1 amide bonds. The van der Waals surface area contributed by atoms with E-state index in [0.717, 1.165) is 0 Å². The van der Waals surface area contributed by atoms with E-state index in [2.05, 4.69) is 26.1 Å². The molecule has 1 N–H and O–H groups in total. The number of rotatable bonds is 10. The smallest absolute Gasteiger partial charge is 0.407 e. The zero-order valence-corrected chi connectivity index (χ0v) is 20.3. The van der Waals surface area contributed by atoms with Crippen LogP contribution in [-0.2, 0) is 18.7 Å². The minimum absolute atomic E-state index is 0.0493. The average Bonchev–Trinajstić information content (AvgIpc) is 2.47. The fourth-order valence-electron chi connectivity index (χ4n) is 2.23. The van der Waals surface area contributed by atoms with Crippen LogP contribution in [-0.4, -0.2) is 56.7 Å². The molecule has 0 bridgehead atoms. The van der Waals surface area contributed by atoms with Crippen molar-refractivity contribution in [1.82, 2.24) is 5.32 Å². The van der Waals surface area contributed by atoms with Crippen molar-refractivity contribution in [3.8, 4) is 0 Å². The van der Waals surface area contributed by atoms with Crippen molar-refractivity contribution in [2.75, 3.05) is 19.8 Å². The molecule has 0 aliphatic heterocycles. The van der Waals surface area contributed by atoms with Gasteiger partial charge in [-0.05, 0) is 45.8 Å². The number of esters is 1. The van der Waals surface area contributed by atoms with Gasteiger partial charge in [-0.15, -0.1) is 0 Å². The molecule has 0 aromatic carbocycles. The maximum absolute atomic E-state index is 12.3. The van der Waals surface area contributed by atoms with Gasteiger partial charge in [0.05, 0.1) is 31.6 Å². The fraction of sp³-hybridized carbons (Fsp3) is 0.895. The summed E-state index contributed by atoms with van der Waals surface area (Å²) in [7, 11) is -2.18. The first-order chi connectivity index (χ1) is 13.0. The lowest BCUT2D eigenvalue weighted by molar-refractivity contribution is -0.489. The molecule has 10 heteroatoms. The average molecular weight is 435 g/mol. The Hall–Kier alpha value is -1.68. The fourth-order valence-corrected chi connectivity index (χ4v) is 3.26. The number of carbonyl (C=O) groups is 2. The number of ether oxygens (including phenoxy) is 2. The van der Waals surface area contributed by atoms with Crippen molar-refractivity contribution in [2.24, 2.45) is 5.92 Å². The summed E-state index contributed by atoms with van der Waals surface area (Å²) in [6.45, 7) is 16.9. The second-order valence-electron chi connectivity index (χ2n) is 9.61. The van der Waals surface area contributed by atoms with Gasteiger partial charge in [0.15, 0.2) is 8.32 Å². The highest BCUT2D eigenvalue weighted by molar-refractivity contribution is 6.74. The quantitative estimate of drug-likeness (QED) is 0.241. The third kappa shape index (κ3) is 11.2. The zero-order valence-electron chi connectivity index (χ0n) is 19.3. The summed E-state index contributed by atoms with van der Waals surface area (Å²) >= 11 is 0. The van der Waals surface area contributed by atoms with Gasteiger partial charge >= 0.3 is 12.1 Å². The largest absolute Gasteiger partial charge is 0.466 e.